The highest BCUT2D eigenvalue weighted by Gasteiger charge is 2.12. The summed E-state index contributed by atoms with van der Waals surface area (Å²) >= 11 is 1.20. The first-order chi connectivity index (χ1) is 12.4. The summed E-state index contributed by atoms with van der Waals surface area (Å²) in [7, 11) is 0. The fourth-order valence-corrected chi connectivity index (χ4v) is 2.47. The van der Waals surface area contributed by atoms with Crippen molar-refractivity contribution >= 4 is 28.5 Å². The van der Waals surface area contributed by atoms with Crippen molar-refractivity contribution in [3.63, 3.8) is 0 Å². The van der Waals surface area contributed by atoms with Crippen LogP contribution in [0.4, 0.5) is 22.7 Å². The van der Waals surface area contributed by atoms with Crippen LogP contribution in [-0.2, 0) is 11.2 Å². The normalized spacial score (nSPS) is 11.3. The molecule has 0 saturated carbocycles. The topological polar surface area (TPSA) is 73.3 Å². The fourth-order valence-electron chi connectivity index (χ4n) is 1.79. The standard InChI is InChI=1S/C15H13F4N3O3S/c1-2-12-21-22-15(26-12)20-11(23)6-4-8-3-5-9(24-13(16)17)7-10(8)25-14(18)19/h3-7,13-14H,2H2,1H3,(H,20,22,23)/b6-4+. The van der Waals surface area contributed by atoms with Gasteiger partial charge in [-0.3, -0.25) is 10.1 Å². The lowest BCUT2D eigenvalue weighted by molar-refractivity contribution is -0.111. The van der Waals surface area contributed by atoms with Gasteiger partial charge in [0.1, 0.15) is 16.5 Å². The Morgan fingerprint density at radius 2 is 1.96 bits per heavy atom. The van der Waals surface area contributed by atoms with E-state index in [4.69, 9.17) is 0 Å². The van der Waals surface area contributed by atoms with Gasteiger partial charge in [-0.2, -0.15) is 17.6 Å². The van der Waals surface area contributed by atoms with E-state index in [0.717, 1.165) is 23.2 Å². The molecule has 6 nitrogen and oxygen atoms in total. The smallest absolute Gasteiger partial charge is 0.387 e. The minimum Gasteiger partial charge on any atom is -0.435 e. The first-order valence-corrected chi connectivity index (χ1v) is 8.04. The lowest BCUT2D eigenvalue weighted by atomic mass is 10.1. The molecule has 0 aliphatic heterocycles. The monoisotopic (exact) mass is 391 g/mol. The predicted octanol–water partition coefficient (Wildman–Crippen LogP) is 3.96. The number of ether oxygens (including phenoxy) is 2. The number of anilines is 1. The molecule has 2 rings (SSSR count). The summed E-state index contributed by atoms with van der Waals surface area (Å²) in [6.07, 6.45) is 2.93. The number of benzene rings is 1. The van der Waals surface area contributed by atoms with Gasteiger partial charge in [0, 0.05) is 17.7 Å². The Kier molecular flexibility index (Phi) is 6.89. The first-order valence-electron chi connectivity index (χ1n) is 7.22. The van der Waals surface area contributed by atoms with Crippen molar-refractivity contribution in [2.75, 3.05) is 5.32 Å². The average molecular weight is 391 g/mol. The number of nitrogens with zero attached hydrogens (tertiary/aromatic N) is 2. The summed E-state index contributed by atoms with van der Waals surface area (Å²) in [5.41, 5.74) is 0.0774. The second-order valence-corrected chi connectivity index (χ2v) is 5.70. The zero-order chi connectivity index (χ0) is 19.1. The number of hydrogen-bond donors (Lipinski definition) is 1. The quantitative estimate of drug-likeness (QED) is 0.545. The summed E-state index contributed by atoms with van der Waals surface area (Å²) in [4.78, 5) is 11.9. The van der Waals surface area contributed by atoms with Crippen molar-refractivity contribution in [2.45, 2.75) is 26.6 Å². The minimum atomic E-state index is -3.17. The van der Waals surface area contributed by atoms with Crippen LogP contribution in [0.5, 0.6) is 11.5 Å². The van der Waals surface area contributed by atoms with Gasteiger partial charge in [0.25, 0.3) is 0 Å². The van der Waals surface area contributed by atoms with Crippen molar-refractivity contribution in [3.8, 4) is 11.5 Å². The molecule has 2 aromatic rings. The number of aryl methyl sites for hydroxylation is 1. The maximum Gasteiger partial charge on any atom is 0.387 e. The van der Waals surface area contributed by atoms with Gasteiger partial charge in [0.2, 0.25) is 11.0 Å². The molecule has 0 bridgehead atoms. The van der Waals surface area contributed by atoms with E-state index in [2.05, 4.69) is 25.0 Å². The van der Waals surface area contributed by atoms with Gasteiger partial charge in [0.15, 0.2) is 0 Å². The molecule has 0 spiro atoms. The highest BCUT2D eigenvalue weighted by atomic mass is 32.1. The Labute approximate surface area is 149 Å². The van der Waals surface area contributed by atoms with E-state index in [0.29, 0.717) is 11.6 Å². The van der Waals surface area contributed by atoms with Gasteiger partial charge in [-0.1, -0.05) is 18.3 Å². The van der Waals surface area contributed by atoms with Gasteiger partial charge in [-0.05, 0) is 24.6 Å². The zero-order valence-corrected chi connectivity index (χ0v) is 14.1. The maximum absolute atomic E-state index is 12.5. The number of alkyl halides is 4. The molecule has 140 valence electrons. The number of nitrogens with one attached hydrogen (secondary N) is 1. The Morgan fingerprint density at radius 3 is 2.58 bits per heavy atom. The predicted molar refractivity (Wildman–Crippen MR) is 86.7 cm³/mol. The fraction of sp³-hybridized carbons (Fsp3) is 0.267. The van der Waals surface area contributed by atoms with Crippen LogP contribution < -0.4 is 14.8 Å². The van der Waals surface area contributed by atoms with Crippen LogP contribution in [0.15, 0.2) is 24.3 Å². The maximum atomic E-state index is 12.5. The molecular formula is C15H13F4N3O3S. The van der Waals surface area contributed by atoms with Gasteiger partial charge in [-0.25, -0.2) is 0 Å². The van der Waals surface area contributed by atoms with Gasteiger partial charge in [0.05, 0.1) is 0 Å². The number of carbonyl (C=O) groups excluding carboxylic acids is 1. The zero-order valence-electron chi connectivity index (χ0n) is 13.3. The van der Waals surface area contributed by atoms with Crippen molar-refractivity contribution in [1.82, 2.24) is 10.2 Å². The number of aromatic nitrogens is 2. The molecule has 1 heterocycles. The largest absolute Gasteiger partial charge is 0.435 e. The third kappa shape index (κ3) is 5.99. The molecular weight excluding hydrogens is 378 g/mol. The molecule has 0 saturated heterocycles. The molecule has 1 aromatic heterocycles. The lowest BCUT2D eigenvalue weighted by Gasteiger charge is -2.11. The van der Waals surface area contributed by atoms with E-state index in [-0.39, 0.29) is 11.3 Å². The van der Waals surface area contributed by atoms with Gasteiger partial charge in [-0.15, -0.1) is 10.2 Å². The van der Waals surface area contributed by atoms with Crippen molar-refractivity contribution in [2.24, 2.45) is 0 Å². The third-order valence-corrected chi connectivity index (χ3v) is 3.82. The lowest BCUT2D eigenvalue weighted by Crippen LogP contribution is -2.08. The van der Waals surface area contributed by atoms with E-state index < -0.39 is 24.9 Å². The van der Waals surface area contributed by atoms with Gasteiger partial charge < -0.3 is 9.47 Å². The van der Waals surface area contributed by atoms with Crippen LogP contribution in [0.2, 0.25) is 0 Å². The Morgan fingerprint density at radius 1 is 1.23 bits per heavy atom. The molecule has 11 heteroatoms. The highest BCUT2D eigenvalue weighted by molar-refractivity contribution is 7.15. The van der Waals surface area contributed by atoms with Gasteiger partial charge >= 0.3 is 13.2 Å². The SMILES string of the molecule is CCc1nnc(NC(=O)/C=C/c2ccc(OC(F)F)cc2OC(F)F)s1. The van der Waals surface area contributed by atoms with Crippen molar-refractivity contribution in [3.05, 3.63) is 34.8 Å². The number of rotatable bonds is 8. The average Bonchev–Trinajstić information content (AvgIpc) is 3.00. The van der Waals surface area contributed by atoms with E-state index >= 15 is 0 Å². The van der Waals surface area contributed by atoms with E-state index in [9.17, 15) is 22.4 Å². The Bertz CT molecular complexity index is 783. The molecule has 0 unspecified atom stereocenters. The summed E-state index contributed by atoms with van der Waals surface area (Å²) in [6, 6.07) is 3.23. The Hall–Kier alpha value is -2.69. The second-order valence-electron chi connectivity index (χ2n) is 4.63. The van der Waals surface area contributed by atoms with E-state index in [1.54, 1.807) is 0 Å². The van der Waals surface area contributed by atoms with Crippen LogP contribution >= 0.6 is 11.3 Å². The molecule has 1 aromatic carbocycles. The number of halogens is 4. The molecule has 0 fully saturated rings. The van der Waals surface area contributed by atoms with Crippen LogP contribution in [0.25, 0.3) is 6.08 Å². The number of carbonyl (C=O) groups is 1. The highest BCUT2D eigenvalue weighted by Crippen LogP contribution is 2.28. The molecule has 0 aliphatic carbocycles. The van der Waals surface area contributed by atoms with Crippen LogP contribution in [0, 0.1) is 0 Å². The van der Waals surface area contributed by atoms with Crippen LogP contribution in [-0.4, -0.2) is 29.3 Å². The summed E-state index contributed by atoms with van der Waals surface area (Å²) in [6.45, 7) is -4.40. The van der Waals surface area contributed by atoms with Crippen LogP contribution in [0.3, 0.4) is 0 Å². The van der Waals surface area contributed by atoms with E-state index in [1.807, 2.05) is 6.92 Å². The molecule has 0 atom stereocenters. The molecule has 0 radical (unpaired) electrons. The number of amides is 1. The summed E-state index contributed by atoms with van der Waals surface area (Å²) in [5, 5.41) is 11.1. The van der Waals surface area contributed by atoms with Crippen molar-refractivity contribution in [1.29, 1.82) is 0 Å². The molecule has 1 amide bonds. The number of hydrogen-bond acceptors (Lipinski definition) is 6. The molecule has 26 heavy (non-hydrogen) atoms. The summed E-state index contributed by atoms with van der Waals surface area (Å²) < 4.78 is 57.8. The third-order valence-electron chi connectivity index (χ3n) is 2.84. The molecule has 0 aliphatic rings. The van der Waals surface area contributed by atoms with Crippen LogP contribution in [0.1, 0.15) is 17.5 Å². The Balaban J connectivity index is 2.12. The van der Waals surface area contributed by atoms with Crippen molar-refractivity contribution < 1.29 is 31.8 Å². The minimum absolute atomic E-state index is 0.0774. The van der Waals surface area contributed by atoms with E-state index in [1.165, 1.54) is 23.5 Å². The second kappa shape index (κ2) is 9.13. The summed E-state index contributed by atoms with van der Waals surface area (Å²) in [5.74, 6) is -1.33. The molecule has 1 N–H and O–H groups in total. The first kappa shape index (κ1) is 19.6.